The van der Waals surface area contributed by atoms with Gasteiger partial charge in [-0.05, 0) is 42.3 Å². The highest BCUT2D eigenvalue weighted by molar-refractivity contribution is 9.10. The molecule has 0 unspecified atom stereocenters. The number of hydrogen-bond acceptors (Lipinski definition) is 6. The van der Waals surface area contributed by atoms with Gasteiger partial charge in [0, 0.05) is 21.9 Å². The number of sulfone groups is 1. The minimum Gasteiger partial charge on any atom is -0.490 e. The minimum atomic E-state index is -3.17. The highest BCUT2D eigenvalue weighted by Gasteiger charge is 2.50. The number of amides is 1. The van der Waals surface area contributed by atoms with Crippen LogP contribution in [-0.4, -0.2) is 55.5 Å². The number of rotatable bonds is 7. The maximum absolute atomic E-state index is 12.9. The van der Waals surface area contributed by atoms with E-state index in [0.29, 0.717) is 40.0 Å². The van der Waals surface area contributed by atoms with Gasteiger partial charge in [-0.2, -0.15) is 4.99 Å². The number of carbonyl (C=O) groups excluding carboxylic acids is 1. The van der Waals surface area contributed by atoms with E-state index in [0.717, 1.165) is 11.1 Å². The molecule has 0 spiro atoms. The third-order valence-corrected chi connectivity index (χ3v) is 9.48. The monoisotopic (exact) mass is 566 g/mol. The molecule has 0 aromatic heterocycles. The van der Waals surface area contributed by atoms with Gasteiger partial charge in [0.05, 0.1) is 42.9 Å². The lowest BCUT2D eigenvalue weighted by molar-refractivity contribution is -0.117. The molecule has 2 aromatic carbocycles. The fourth-order valence-electron chi connectivity index (χ4n) is 4.12. The first-order chi connectivity index (χ1) is 16.2. The van der Waals surface area contributed by atoms with Crippen LogP contribution in [0.15, 0.2) is 45.9 Å². The number of ether oxygens (including phenoxy) is 2. The summed E-state index contributed by atoms with van der Waals surface area (Å²) in [6.45, 7) is 6.71. The zero-order valence-corrected chi connectivity index (χ0v) is 22.5. The predicted octanol–water partition coefficient (Wildman–Crippen LogP) is 4.40. The van der Waals surface area contributed by atoms with E-state index >= 15 is 0 Å². The fraction of sp³-hybridized carbons (Fsp3) is 0.417. The molecule has 2 aliphatic heterocycles. The van der Waals surface area contributed by atoms with Crippen molar-refractivity contribution in [2.75, 3.05) is 29.6 Å². The number of nitrogens with zero attached hydrogens (tertiary/aromatic N) is 2. The van der Waals surface area contributed by atoms with Crippen molar-refractivity contribution >= 4 is 54.3 Å². The molecule has 1 amide bonds. The Morgan fingerprint density at radius 1 is 1.12 bits per heavy atom. The number of amidine groups is 1. The van der Waals surface area contributed by atoms with Gasteiger partial charge in [0.25, 0.3) is 5.91 Å². The molecule has 0 aliphatic carbocycles. The maximum atomic E-state index is 12.9. The summed E-state index contributed by atoms with van der Waals surface area (Å²) in [6, 6.07) is 11.1. The van der Waals surface area contributed by atoms with Crippen LogP contribution in [0, 0.1) is 6.92 Å². The molecule has 2 fully saturated rings. The molecule has 34 heavy (non-hydrogen) atoms. The number of hydrogen-bond donors (Lipinski definition) is 0. The van der Waals surface area contributed by atoms with E-state index in [2.05, 4.69) is 20.9 Å². The second-order valence-electron chi connectivity index (χ2n) is 8.24. The molecular weight excluding hydrogens is 540 g/mol. The van der Waals surface area contributed by atoms with E-state index in [1.807, 2.05) is 62.1 Å². The molecule has 2 saturated heterocycles. The van der Waals surface area contributed by atoms with Crippen LogP contribution < -0.4 is 14.4 Å². The van der Waals surface area contributed by atoms with Crippen LogP contribution in [0.3, 0.4) is 0 Å². The normalized spacial score (nSPS) is 22.1. The van der Waals surface area contributed by atoms with Gasteiger partial charge < -0.3 is 14.4 Å². The maximum Gasteiger partial charge on any atom is 0.252 e. The summed E-state index contributed by atoms with van der Waals surface area (Å²) in [6.07, 6.45) is 0.181. The van der Waals surface area contributed by atoms with Gasteiger partial charge >= 0.3 is 0 Å². The summed E-state index contributed by atoms with van der Waals surface area (Å²) in [7, 11) is -3.17. The first-order valence-electron chi connectivity index (χ1n) is 11.1. The average Bonchev–Trinajstić information content (AvgIpc) is 3.22. The van der Waals surface area contributed by atoms with Crippen LogP contribution >= 0.6 is 27.7 Å². The van der Waals surface area contributed by atoms with E-state index in [-0.39, 0.29) is 35.1 Å². The van der Waals surface area contributed by atoms with Crippen LogP contribution in [0.4, 0.5) is 5.69 Å². The Morgan fingerprint density at radius 3 is 2.41 bits per heavy atom. The lowest BCUT2D eigenvalue weighted by atomic mass is 10.1. The summed E-state index contributed by atoms with van der Waals surface area (Å²) >= 11 is 4.97. The third-order valence-electron chi connectivity index (χ3n) is 5.64. The number of halogens is 1. The molecule has 182 valence electrons. The Labute approximate surface area is 213 Å². The number of carbonyl (C=O) groups is 1. The number of fused-ring (bicyclic) bond motifs is 1. The van der Waals surface area contributed by atoms with Gasteiger partial charge in [-0.3, -0.25) is 4.79 Å². The van der Waals surface area contributed by atoms with Crippen molar-refractivity contribution in [2.24, 2.45) is 4.99 Å². The number of benzene rings is 2. The summed E-state index contributed by atoms with van der Waals surface area (Å²) in [5.74, 6) is 0.959. The zero-order valence-electron chi connectivity index (χ0n) is 19.3. The topological polar surface area (TPSA) is 85.3 Å². The van der Waals surface area contributed by atoms with Crippen molar-refractivity contribution in [3.05, 3.63) is 52.0 Å². The van der Waals surface area contributed by atoms with Gasteiger partial charge in [-0.1, -0.05) is 41.6 Å². The summed E-state index contributed by atoms with van der Waals surface area (Å²) in [5, 5.41) is 0.319. The summed E-state index contributed by atoms with van der Waals surface area (Å²) < 4.78 is 37.0. The molecule has 10 heteroatoms. The predicted molar refractivity (Wildman–Crippen MR) is 140 cm³/mol. The molecule has 2 aromatic rings. The van der Waals surface area contributed by atoms with Gasteiger partial charge in [0.1, 0.15) is 0 Å². The van der Waals surface area contributed by atoms with Crippen LogP contribution in [0.1, 0.15) is 25.0 Å². The van der Waals surface area contributed by atoms with Crippen molar-refractivity contribution < 1.29 is 22.7 Å². The van der Waals surface area contributed by atoms with E-state index in [1.165, 1.54) is 11.8 Å². The quantitative estimate of drug-likeness (QED) is 0.491. The number of thioether (sulfide) groups is 1. The number of anilines is 1. The van der Waals surface area contributed by atoms with Crippen LogP contribution in [-0.2, 0) is 21.1 Å². The summed E-state index contributed by atoms with van der Waals surface area (Å²) in [5.41, 5.74) is 2.71. The minimum absolute atomic E-state index is 0.0134. The first kappa shape index (κ1) is 25.1. The zero-order chi connectivity index (χ0) is 24.5. The molecule has 0 bridgehead atoms. The molecule has 2 aliphatic rings. The standard InChI is InChI=1S/C24H27BrN2O5S2/c1-4-31-20-11-17(25)18(12-21(20)32-5-2)27-19-13-34(29,30)14-22(19)33-24(27)26-23(28)10-16-8-6-15(3)7-9-16/h6-9,11-12,19,22H,4-5,10,13-14H2,1-3H3/t19-,22-/m0/s1. The van der Waals surface area contributed by atoms with E-state index < -0.39 is 9.84 Å². The second-order valence-corrected chi connectivity index (χ2v) is 12.5. The van der Waals surface area contributed by atoms with Crippen LogP contribution in [0.2, 0.25) is 0 Å². The largest absolute Gasteiger partial charge is 0.490 e. The molecule has 0 N–H and O–H groups in total. The van der Waals surface area contributed by atoms with Crippen LogP contribution in [0.5, 0.6) is 11.5 Å². The van der Waals surface area contributed by atoms with Crippen molar-refractivity contribution in [3.63, 3.8) is 0 Å². The van der Waals surface area contributed by atoms with Crippen molar-refractivity contribution in [2.45, 2.75) is 38.5 Å². The molecule has 2 heterocycles. The molecule has 4 rings (SSSR count). The average molecular weight is 568 g/mol. The molecule has 0 radical (unpaired) electrons. The Hall–Kier alpha value is -2.04. The van der Waals surface area contributed by atoms with Crippen molar-refractivity contribution in [1.82, 2.24) is 0 Å². The van der Waals surface area contributed by atoms with E-state index in [9.17, 15) is 13.2 Å². The van der Waals surface area contributed by atoms with E-state index in [4.69, 9.17) is 9.47 Å². The highest BCUT2D eigenvalue weighted by Crippen LogP contribution is 2.46. The van der Waals surface area contributed by atoms with Gasteiger partial charge in [0.15, 0.2) is 26.5 Å². The Balaban J connectivity index is 1.71. The van der Waals surface area contributed by atoms with Crippen molar-refractivity contribution in [1.29, 1.82) is 0 Å². The van der Waals surface area contributed by atoms with E-state index in [1.54, 1.807) is 0 Å². The third kappa shape index (κ3) is 5.44. The highest BCUT2D eigenvalue weighted by atomic mass is 79.9. The van der Waals surface area contributed by atoms with Gasteiger partial charge in [0.2, 0.25) is 0 Å². The SMILES string of the molecule is CCOc1cc(Br)c(N2C(=NC(=O)Cc3ccc(C)cc3)S[C@H]3CS(=O)(=O)C[C@@H]32)cc1OCC. The fourth-order valence-corrected chi connectivity index (χ4v) is 8.56. The molecule has 0 saturated carbocycles. The molecule has 2 atom stereocenters. The van der Waals surface area contributed by atoms with Crippen molar-refractivity contribution in [3.8, 4) is 11.5 Å². The smallest absolute Gasteiger partial charge is 0.252 e. The second kappa shape index (κ2) is 10.3. The van der Waals surface area contributed by atoms with Crippen LogP contribution in [0.25, 0.3) is 0 Å². The van der Waals surface area contributed by atoms with Gasteiger partial charge in [-0.25, -0.2) is 8.42 Å². The molecule has 7 nitrogen and oxygen atoms in total. The summed E-state index contributed by atoms with van der Waals surface area (Å²) in [4.78, 5) is 19.2. The first-order valence-corrected chi connectivity index (χ1v) is 14.6. The lowest BCUT2D eigenvalue weighted by Crippen LogP contribution is -2.38. The Kier molecular flexibility index (Phi) is 7.59. The number of aliphatic imine (C=N–C) groups is 1. The Morgan fingerprint density at radius 2 is 1.76 bits per heavy atom. The lowest BCUT2D eigenvalue weighted by Gasteiger charge is -2.27. The molecular formula is C24H27BrN2O5S2. The number of aryl methyl sites for hydroxylation is 1. The Bertz CT molecular complexity index is 1210. The van der Waals surface area contributed by atoms with Gasteiger partial charge in [-0.15, -0.1) is 0 Å².